The highest BCUT2D eigenvalue weighted by atomic mass is 16.3. The third-order valence-corrected chi connectivity index (χ3v) is 2.30. The van der Waals surface area contributed by atoms with Crippen molar-refractivity contribution < 1.29 is 10.2 Å². The maximum atomic E-state index is 9.29. The molecule has 3 heteroatoms. The molecule has 0 spiro atoms. The van der Waals surface area contributed by atoms with Crippen molar-refractivity contribution in [3.8, 4) is 0 Å². The van der Waals surface area contributed by atoms with Crippen LogP contribution >= 0.6 is 0 Å². The minimum Gasteiger partial charge on any atom is -0.396 e. The van der Waals surface area contributed by atoms with Gasteiger partial charge in [0, 0.05) is 18.6 Å². The predicted octanol–water partition coefficient (Wildman–Crippen LogP) is -0.662. The number of aliphatic hydroxyl groups excluding tert-OH is 2. The topological polar surface area (TPSA) is 52.5 Å². The molecule has 3 unspecified atom stereocenters. The highest BCUT2D eigenvalue weighted by Gasteiger charge is 2.31. The molecular formula is C7H15NO2. The molecule has 1 rings (SSSR count). The minimum atomic E-state index is -0.303. The molecule has 1 aliphatic rings. The van der Waals surface area contributed by atoms with E-state index < -0.39 is 0 Å². The molecule has 3 N–H and O–H groups in total. The van der Waals surface area contributed by atoms with Gasteiger partial charge in [0.1, 0.15) is 0 Å². The lowest BCUT2D eigenvalue weighted by molar-refractivity contribution is 0.0907. The number of aliphatic hydroxyl groups is 2. The van der Waals surface area contributed by atoms with Gasteiger partial charge in [0.05, 0.1) is 6.10 Å². The van der Waals surface area contributed by atoms with Gasteiger partial charge in [0.15, 0.2) is 0 Å². The summed E-state index contributed by atoms with van der Waals surface area (Å²) in [7, 11) is 1.89. The Bertz CT molecular complexity index is 108. The van der Waals surface area contributed by atoms with E-state index in [1.165, 1.54) is 0 Å². The van der Waals surface area contributed by atoms with E-state index >= 15 is 0 Å². The average molecular weight is 145 g/mol. The maximum Gasteiger partial charge on any atom is 0.0605 e. The Morgan fingerprint density at radius 2 is 2.20 bits per heavy atom. The fraction of sp³-hybridized carbons (Fsp3) is 1.00. The van der Waals surface area contributed by atoms with Crippen LogP contribution in [0.5, 0.6) is 0 Å². The molecular weight excluding hydrogens is 130 g/mol. The predicted molar refractivity (Wildman–Crippen MR) is 38.7 cm³/mol. The van der Waals surface area contributed by atoms with Crippen LogP contribution in [0.1, 0.15) is 12.8 Å². The van der Waals surface area contributed by atoms with Gasteiger partial charge >= 0.3 is 0 Å². The van der Waals surface area contributed by atoms with Gasteiger partial charge in [-0.3, -0.25) is 0 Å². The summed E-state index contributed by atoms with van der Waals surface area (Å²) in [5, 5.41) is 21.1. The molecule has 3 atom stereocenters. The summed E-state index contributed by atoms with van der Waals surface area (Å²) in [5.74, 6) is 0.0949. The lowest BCUT2D eigenvalue weighted by atomic mass is 10.1. The van der Waals surface area contributed by atoms with Gasteiger partial charge in [-0.1, -0.05) is 0 Å². The molecule has 3 nitrogen and oxygen atoms in total. The summed E-state index contributed by atoms with van der Waals surface area (Å²) in [5.41, 5.74) is 0. The Labute approximate surface area is 61.1 Å². The molecule has 1 saturated carbocycles. The first-order valence-corrected chi connectivity index (χ1v) is 3.74. The summed E-state index contributed by atoms with van der Waals surface area (Å²) >= 11 is 0. The second-order valence-electron chi connectivity index (χ2n) is 2.97. The first-order chi connectivity index (χ1) is 4.77. The molecule has 10 heavy (non-hydrogen) atoms. The monoisotopic (exact) mass is 145 g/mol. The van der Waals surface area contributed by atoms with Gasteiger partial charge in [-0.2, -0.15) is 0 Å². The molecule has 0 aliphatic heterocycles. The number of hydrogen-bond acceptors (Lipinski definition) is 3. The van der Waals surface area contributed by atoms with Crippen LogP contribution in [0.15, 0.2) is 0 Å². The molecule has 0 radical (unpaired) electrons. The summed E-state index contributed by atoms with van der Waals surface area (Å²) < 4.78 is 0. The zero-order valence-corrected chi connectivity index (χ0v) is 6.25. The Morgan fingerprint density at radius 1 is 1.50 bits per heavy atom. The second kappa shape index (κ2) is 3.32. The molecule has 0 bridgehead atoms. The van der Waals surface area contributed by atoms with E-state index in [4.69, 9.17) is 5.11 Å². The van der Waals surface area contributed by atoms with Gasteiger partial charge in [-0.05, 0) is 19.9 Å². The third kappa shape index (κ3) is 1.48. The zero-order chi connectivity index (χ0) is 7.56. The Morgan fingerprint density at radius 3 is 2.50 bits per heavy atom. The van der Waals surface area contributed by atoms with E-state index in [-0.39, 0.29) is 18.6 Å². The normalized spacial score (nSPS) is 40.5. The van der Waals surface area contributed by atoms with Gasteiger partial charge < -0.3 is 15.5 Å². The van der Waals surface area contributed by atoms with Crippen LogP contribution < -0.4 is 5.32 Å². The van der Waals surface area contributed by atoms with E-state index in [0.29, 0.717) is 6.04 Å². The highest BCUT2D eigenvalue weighted by Crippen LogP contribution is 2.24. The van der Waals surface area contributed by atoms with Crippen LogP contribution in [0, 0.1) is 5.92 Å². The van der Waals surface area contributed by atoms with Crippen LogP contribution in [0.3, 0.4) is 0 Å². The summed E-state index contributed by atoms with van der Waals surface area (Å²) in [6, 6.07) is 0.396. The van der Waals surface area contributed by atoms with Crippen molar-refractivity contribution in [2.24, 2.45) is 5.92 Å². The van der Waals surface area contributed by atoms with Crippen LogP contribution in [0.4, 0.5) is 0 Å². The molecule has 1 fully saturated rings. The van der Waals surface area contributed by atoms with Crippen molar-refractivity contribution in [3.05, 3.63) is 0 Å². The molecule has 0 saturated heterocycles. The van der Waals surface area contributed by atoms with E-state index in [9.17, 15) is 5.11 Å². The molecule has 0 aromatic rings. The molecule has 0 aromatic heterocycles. The Hall–Kier alpha value is -0.120. The van der Waals surface area contributed by atoms with Gasteiger partial charge in [-0.15, -0.1) is 0 Å². The number of hydrogen-bond donors (Lipinski definition) is 3. The molecule has 1 aliphatic carbocycles. The highest BCUT2D eigenvalue weighted by molar-refractivity contribution is 4.85. The van der Waals surface area contributed by atoms with Crippen LogP contribution in [-0.2, 0) is 0 Å². The van der Waals surface area contributed by atoms with Crippen molar-refractivity contribution in [2.75, 3.05) is 13.7 Å². The Kier molecular flexibility index (Phi) is 2.65. The van der Waals surface area contributed by atoms with Crippen molar-refractivity contribution in [3.63, 3.8) is 0 Å². The largest absolute Gasteiger partial charge is 0.396 e. The van der Waals surface area contributed by atoms with E-state index in [2.05, 4.69) is 5.32 Å². The quantitative estimate of drug-likeness (QED) is 0.483. The SMILES string of the molecule is CNC1CC(O)C(CO)C1. The lowest BCUT2D eigenvalue weighted by Gasteiger charge is -2.08. The summed E-state index contributed by atoms with van der Waals surface area (Å²) in [6.45, 7) is 0.110. The van der Waals surface area contributed by atoms with E-state index in [1.807, 2.05) is 7.05 Å². The molecule has 0 aromatic carbocycles. The lowest BCUT2D eigenvalue weighted by Crippen LogP contribution is -2.21. The third-order valence-electron chi connectivity index (χ3n) is 2.30. The molecule has 60 valence electrons. The minimum absolute atomic E-state index is 0.0949. The molecule has 0 heterocycles. The molecule has 0 amide bonds. The van der Waals surface area contributed by atoms with Gasteiger partial charge in [0.2, 0.25) is 0 Å². The standard InChI is InChI=1S/C7H15NO2/c1-8-6-2-5(4-9)7(10)3-6/h5-10H,2-4H2,1H3. The van der Waals surface area contributed by atoms with Crippen LogP contribution in [0.2, 0.25) is 0 Å². The maximum absolute atomic E-state index is 9.29. The fourth-order valence-electron chi connectivity index (χ4n) is 1.53. The second-order valence-corrected chi connectivity index (χ2v) is 2.97. The number of nitrogens with one attached hydrogen (secondary N) is 1. The zero-order valence-electron chi connectivity index (χ0n) is 6.25. The van der Waals surface area contributed by atoms with Crippen molar-refractivity contribution >= 4 is 0 Å². The summed E-state index contributed by atoms with van der Waals surface area (Å²) in [6.07, 6.45) is 1.37. The van der Waals surface area contributed by atoms with Gasteiger partial charge in [-0.25, -0.2) is 0 Å². The first-order valence-electron chi connectivity index (χ1n) is 3.74. The van der Waals surface area contributed by atoms with Crippen LogP contribution in [-0.4, -0.2) is 36.0 Å². The van der Waals surface area contributed by atoms with E-state index in [1.54, 1.807) is 0 Å². The Balaban J connectivity index is 2.36. The van der Waals surface area contributed by atoms with Crippen molar-refractivity contribution in [1.82, 2.24) is 5.32 Å². The smallest absolute Gasteiger partial charge is 0.0605 e. The summed E-state index contributed by atoms with van der Waals surface area (Å²) in [4.78, 5) is 0. The first kappa shape index (κ1) is 7.98. The van der Waals surface area contributed by atoms with Crippen molar-refractivity contribution in [2.45, 2.75) is 25.0 Å². The van der Waals surface area contributed by atoms with Crippen LogP contribution in [0.25, 0.3) is 0 Å². The fourth-order valence-corrected chi connectivity index (χ4v) is 1.53. The van der Waals surface area contributed by atoms with Gasteiger partial charge in [0.25, 0.3) is 0 Å². The van der Waals surface area contributed by atoms with Crippen molar-refractivity contribution in [1.29, 1.82) is 0 Å². The van der Waals surface area contributed by atoms with E-state index in [0.717, 1.165) is 12.8 Å². The average Bonchev–Trinajstić information content (AvgIpc) is 2.30. The number of rotatable bonds is 2.